The van der Waals surface area contributed by atoms with Crippen molar-refractivity contribution in [2.75, 3.05) is 9.80 Å². The van der Waals surface area contributed by atoms with Gasteiger partial charge in [0.05, 0.1) is 0 Å². The molecular weight excluding hydrogens is 416 g/mol. The number of fused-ring (bicyclic) bond motifs is 5. The molecule has 2 unspecified atom stereocenters. The smallest absolute Gasteiger partial charge is 0.178 e. The van der Waals surface area contributed by atoms with Gasteiger partial charge < -0.3 is 9.80 Å². The Labute approximate surface area is 205 Å². The summed E-state index contributed by atoms with van der Waals surface area (Å²) >= 11 is 0. The molecule has 0 radical (unpaired) electrons. The van der Waals surface area contributed by atoms with Gasteiger partial charge in [-0.15, -0.1) is 0 Å². The number of hydrogen-bond donors (Lipinski definition) is 0. The molecule has 3 heterocycles. The van der Waals surface area contributed by atoms with E-state index in [4.69, 9.17) is 9.97 Å². The highest BCUT2D eigenvalue weighted by Crippen LogP contribution is 2.59. The molecule has 2 atom stereocenters. The maximum Gasteiger partial charge on any atom is 0.178 e. The molecule has 0 saturated heterocycles. The van der Waals surface area contributed by atoms with E-state index >= 15 is 0 Å². The van der Waals surface area contributed by atoms with Crippen LogP contribution in [0.2, 0.25) is 0 Å². The van der Waals surface area contributed by atoms with Crippen LogP contribution in [0.1, 0.15) is 77.5 Å². The Kier molecular flexibility index (Phi) is 5.46. The van der Waals surface area contributed by atoms with Crippen LogP contribution in [0, 0.1) is 12.8 Å². The third-order valence-electron chi connectivity index (χ3n) is 8.45. The average Bonchev–Trinajstić information content (AvgIpc) is 3.17. The van der Waals surface area contributed by atoms with Crippen molar-refractivity contribution in [2.24, 2.45) is 5.92 Å². The lowest BCUT2D eigenvalue weighted by Crippen LogP contribution is -2.56. The second kappa shape index (κ2) is 8.11. The molecule has 2 aliphatic heterocycles. The van der Waals surface area contributed by atoms with E-state index in [1.807, 2.05) is 12.4 Å². The molecule has 0 N–H and O–H groups in total. The molecule has 2 aliphatic rings. The summed E-state index contributed by atoms with van der Waals surface area (Å²) in [5, 5.41) is 0. The molecule has 0 amide bonds. The van der Waals surface area contributed by atoms with Gasteiger partial charge in [0.15, 0.2) is 11.6 Å². The first kappa shape index (κ1) is 22.9. The number of para-hydroxylation sites is 1. The van der Waals surface area contributed by atoms with E-state index in [0.717, 1.165) is 30.9 Å². The fraction of sp³-hybridized carbons (Fsp3) is 0.467. The van der Waals surface area contributed by atoms with Crippen LogP contribution in [-0.4, -0.2) is 16.1 Å². The third-order valence-corrected chi connectivity index (χ3v) is 8.45. The quantitative estimate of drug-likeness (QED) is 0.402. The first-order chi connectivity index (χ1) is 16.3. The molecule has 2 aromatic carbocycles. The number of aryl methyl sites for hydroxylation is 1. The number of hydrogen-bond acceptors (Lipinski definition) is 4. The highest BCUT2D eigenvalue weighted by molar-refractivity contribution is 5.87. The van der Waals surface area contributed by atoms with E-state index in [2.05, 4.69) is 101 Å². The van der Waals surface area contributed by atoms with Crippen molar-refractivity contribution >= 4 is 23.0 Å². The molecule has 0 fully saturated rings. The van der Waals surface area contributed by atoms with E-state index in [-0.39, 0.29) is 17.0 Å². The molecule has 0 saturated carbocycles. The summed E-state index contributed by atoms with van der Waals surface area (Å²) in [6.07, 6.45) is 7.15. The molecule has 3 aromatic rings. The van der Waals surface area contributed by atoms with Crippen LogP contribution in [0.3, 0.4) is 0 Å². The Hall–Kier alpha value is -2.88. The molecule has 0 bridgehead atoms. The van der Waals surface area contributed by atoms with Crippen LogP contribution >= 0.6 is 0 Å². The molecule has 0 aliphatic carbocycles. The number of aromatic nitrogens is 2. The minimum absolute atomic E-state index is 0.0927. The van der Waals surface area contributed by atoms with Gasteiger partial charge in [-0.05, 0) is 60.4 Å². The minimum Gasteiger partial charge on any atom is -0.301 e. The van der Waals surface area contributed by atoms with E-state index in [1.165, 1.54) is 28.1 Å². The maximum atomic E-state index is 4.91. The molecule has 4 heteroatoms. The Morgan fingerprint density at radius 1 is 0.853 bits per heavy atom. The van der Waals surface area contributed by atoms with E-state index in [0.29, 0.717) is 5.92 Å². The van der Waals surface area contributed by atoms with Crippen LogP contribution in [-0.2, 0) is 10.8 Å². The molecule has 34 heavy (non-hydrogen) atoms. The summed E-state index contributed by atoms with van der Waals surface area (Å²) in [5.74, 6) is 2.37. The average molecular weight is 455 g/mol. The summed E-state index contributed by atoms with van der Waals surface area (Å²) in [4.78, 5) is 14.8. The van der Waals surface area contributed by atoms with Crippen LogP contribution in [0.5, 0.6) is 0 Å². The molecule has 5 rings (SSSR count). The van der Waals surface area contributed by atoms with Gasteiger partial charge in [-0.25, -0.2) is 9.97 Å². The van der Waals surface area contributed by atoms with Crippen molar-refractivity contribution in [1.29, 1.82) is 0 Å². The topological polar surface area (TPSA) is 32.3 Å². The number of nitrogens with zero attached hydrogens (tertiary/aromatic N) is 4. The van der Waals surface area contributed by atoms with Gasteiger partial charge in [0.1, 0.15) is 6.17 Å². The normalized spacial score (nSPS) is 20.7. The van der Waals surface area contributed by atoms with Crippen molar-refractivity contribution in [3.8, 4) is 0 Å². The molecule has 178 valence electrons. The number of rotatable bonds is 4. The van der Waals surface area contributed by atoms with Crippen molar-refractivity contribution in [2.45, 2.75) is 84.7 Å². The van der Waals surface area contributed by atoms with Gasteiger partial charge in [0.2, 0.25) is 0 Å². The van der Waals surface area contributed by atoms with Crippen LogP contribution in [0.15, 0.2) is 54.9 Å². The molecule has 1 aromatic heterocycles. The third kappa shape index (κ3) is 3.10. The van der Waals surface area contributed by atoms with Crippen molar-refractivity contribution in [1.82, 2.24) is 9.97 Å². The summed E-state index contributed by atoms with van der Waals surface area (Å²) in [7, 11) is 0. The van der Waals surface area contributed by atoms with Gasteiger partial charge in [-0.1, -0.05) is 71.9 Å². The van der Waals surface area contributed by atoms with Crippen LogP contribution in [0.4, 0.5) is 23.0 Å². The lowest BCUT2D eigenvalue weighted by Gasteiger charge is -2.53. The fourth-order valence-electron chi connectivity index (χ4n) is 6.59. The summed E-state index contributed by atoms with van der Waals surface area (Å²) in [6.45, 7) is 16.3. The van der Waals surface area contributed by atoms with Gasteiger partial charge in [0.25, 0.3) is 0 Å². The molecule has 0 spiro atoms. The predicted octanol–water partition coefficient (Wildman–Crippen LogP) is 7.80. The molecular formula is C30H38N4. The Balaban J connectivity index is 1.83. The maximum absolute atomic E-state index is 4.91. The standard InChI is InChI=1S/C30H38N4/c1-8-22-28-33(24-14-12-11-13-20(24)4)26-27(32-18-17-31-26)34(28)25-16-15-21(29(5,6)7)19-23(25)30(22,9-2)10-3/h11-19,22,28H,8-10H2,1-7H3. The van der Waals surface area contributed by atoms with Gasteiger partial charge in [0, 0.05) is 35.1 Å². The number of benzene rings is 2. The van der Waals surface area contributed by atoms with Crippen molar-refractivity contribution in [3.63, 3.8) is 0 Å². The lowest BCUT2D eigenvalue weighted by molar-refractivity contribution is 0.193. The minimum atomic E-state index is 0.0927. The zero-order valence-corrected chi connectivity index (χ0v) is 21.8. The van der Waals surface area contributed by atoms with Crippen LogP contribution < -0.4 is 9.80 Å². The Morgan fingerprint density at radius 2 is 1.47 bits per heavy atom. The summed E-state index contributed by atoms with van der Waals surface area (Å²) in [5.41, 5.74) is 6.88. The van der Waals surface area contributed by atoms with Gasteiger partial charge in [-0.2, -0.15) is 0 Å². The Bertz CT molecular complexity index is 1200. The summed E-state index contributed by atoms with van der Waals surface area (Å²) in [6, 6.07) is 15.9. The largest absolute Gasteiger partial charge is 0.301 e. The first-order valence-electron chi connectivity index (χ1n) is 12.9. The highest BCUT2D eigenvalue weighted by atomic mass is 15.5. The first-order valence-corrected chi connectivity index (χ1v) is 12.9. The van der Waals surface area contributed by atoms with Gasteiger partial charge >= 0.3 is 0 Å². The lowest BCUT2D eigenvalue weighted by atomic mass is 9.61. The van der Waals surface area contributed by atoms with E-state index in [1.54, 1.807) is 0 Å². The SMILES string of the molecule is CCC1C2N(c3ccccc3C)c3nccnc3N2c2ccc(C(C)(C)C)cc2C1(CC)CC. The number of anilines is 4. The van der Waals surface area contributed by atoms with Crippen LogP contribution in [0.25, 0.3) is 0 Å². The Morgan fingerprint density at radius 3 is 2.03 bits per heavy atom. The fourth-order valence-corrected chi connectivity index (χ4v) is 6.59. The monoisotopic (exact) mass is 454 g/mol. The zero-order chi connectivity index (χ0) is 24.3. The second-order valence-corrected chi connectivity index (χ2v) is 11.0. The van der Waals surface area contributed by atoms with Crippen molar-refractivity contribution in [3.05, 3.63) is 71.5 Å². The summed E-state index contributed by atoms with van der Waals surface area (Å²) < 4.78 is 0. The van der Waals surface area contributed by atoms with E-state index in [9.17, 15) is 0 Å². The molecule has 4 nitrogen and oxygen atoms in total. The van der Waals surface area contributed by atoms with Crippen molar-refractivity contribution < 1.29 is 0 Å². The second-order valence-electron chi connectivity index (χ2n) is 11.0. The van der Waals surface area contributed by atoms with Gasteiger partial charge in [-0.3, -0.25) is 0 Å². The zero-order valence-electron chi connectivity index (χ0n) is 21.8. The van der Waals surface area contributed by atoms with E-state index < -0.39 is 0 Å². The highest BCUT2D eigenvalue weighted by Gasteiger charge is 2.55. The predicted molar refractivity (Wildman–Crippen MR) is 142 cm³/mol.